The maximum atomic E-state index is 9.10. The van der Waals surface area contributed by atoms with Crippen molar-refractivity contribution < 1.29 is 5.11 Å². The third kappa shape index (κ3) is 3.15. The summed E-state index contributed by atoms with van der Waals surface area (Å²) in [6.07, 6.45) is 6.79. The van der Waals surface area contributed by atoms with Gasteiger partial charge in [0.05, 0.1) is 6.61 Å². The molecule has 2 aliphatic heterocycles. The fraction of sp³-hybridized carbons (Fsp3) is 0.647. The number of aliphatic hydroxyl groups excluding tert-OH is 1. The molecule has 0 aromatic heterocycles. The summed E-state index contributed by atoms with van der Waals surface area (Å²) < 4.78 is 0. The molecule has 1 aromatic rings. The minimum atomic E-state index is 0.136. The number of hydrogen-bond donors (Lipinski definition) is 1. The van der Waals surface area contributed by atoms with Crippen molar-refractivity contribution in [3.8, 4) is 0 Å². The first-order chi connectivity index (χ1) is 9.86. The van der Waals surface area contributed by atoms with Crippen LogP contribution in [-0.4, -0.2) is 42.2 Å². The molecule has 2 heterocycles. The molecule has 0 bridgehead atoms. The summed E-state index contributed by atoms with van der Waals surface area (Å²) in [5.74, 6) is 0. The van der Waals surface area contributed by atoms with Gasteiger partial charge in [-0.25, -0.2) is 0 Å². The highest BCUT2D eigenvalue weighted by Crippen LogP contribution is 2.24. The van der Waals surface area contributed by atoms with Gasteiger partial charge in [-0.1, -0.05) is 18.6 Å². The van der Waals surface area contributed by atoms with Crippen molar-refractivity contribution in [2.45, 2.75) is 44.8 Å². The largest absolute Gasteiger partial charge is 0.392 e. The van der Waals surface area contributed by atoms with E-state index in [0.717, 1.165) is 11.6 Å². The second kappa shape index (κ2) is 6.59. The Kier molecular flexibility index (Phi) is 4.58. The highest BCUT2D eigenvalue weighted by atomic mass is 16.3. The van der Waals surface area contributed by atoms with Gasteiger partial charge in [0.2, 0.25) is 0 Å². The Hall–Kier alpha value is -1.06. The first kappa shape index (κ1) is 13.9. The molecule has 0 radical (unpaired) electrons. The summed E-state index contributed by atoms with van der Waals surface area (Å²) >= 11 is 0. The Balaban J connectivity index is 1.54. The van der Waals surface area contributed by atoms with Crippen LogP contribution in [0.25, 0.3) is 0 Å². The smallest absolute Gasteiger partial charge is 0.0681 e. The van der Waals surface area contributed by atoms with Gasteiger partial charge < -0.3 is 14.9 Å². The topological polar surface area (TPSA) is 26.7 Å². The van der Waals surface area contributed by atoms with E-state index in [1.807, 2.05) is 12.1 Å². The predicted molar refractivity (Wildman–Crippen MR) is 83.0 cm³/mol. The van der Waals surface area contributed by atoms with E-state index in [-0.39, 0.29) is 6.61 Å². The molecule has 3 nitrogen and oxygen atoms in total. The molecule has 0 amide bonds. The van der Waals surface area contributed by atoms with Crippen LogP contribution >= 0.6 is 0 Å². The maximum Gasteiger partial charge on any atom is 0.0681 e. The fourth-order valence-electron chi connectivity index (χ4n) is 3.58. The third-order valence-corrected chi connectivity index (χ3v) is 4.86. The molecule has 3 heteroatoms. The number of rotatable bonds is 3. The quantitative estimate of drug-likeness (QED) is 0.918. The molecule has 2 fully saturated rings. The van der Waals surface area contributed by atoms with Gasteiger partial charge in [-0.05, 0) is 56.5 Å². The summed E-state index contributed by atoms with van der Waals surface area (Å²) in [7, 11) is 0. The molecule has 110 valence electrons. The molecule has 0 aliphatic carbocycles. The molecule has 3 rings (SSSR count). The van der Waals surface area contributed by atoms with E-state index >= 15 is 0 Å². The number of hydrogen-bond acceptors (Lipinski definition) is 3. The maximum absolute atomic E-state index is 9.10. The monoisotopic (exact) mass is 274 g/mol. The molecule has 0 spiro atoms. The number of piperidine rings is 2. The summed E-state index contributed by atoms with van der Waals surface area (Å²) in [6, 6.07) is 9.17. The lowest BCUT2D eigenvalue weighted by Gasteiger charge is -2.41. The number of anilines is 1. The number of nitrogens with zero attached hydrogens (tertiary/aromatic N) is 2. The van der Waals surface area contributed by atoms with Gasteiger partial charge in [0.25, 0.3) is 0 Å². The van der Waals surface area contributed by atoms with Gasteiger partial charge in [-0.3, -0.25) is 0 Å². The molecular formula is C17H26N2O. The molecule has 0 unspecified atom stereocenters. The Bertz CT molecular complexity index is 404. The summed E-state index contributed by atoms with van der Waals surface area (Å²) in [6.45, 7) is 5.10. The fourth-order valence-corrected chi connectivity index (χ4v) is 3.58. The lowest BCUT2D eigenvalue weighted by molar-refractivity contribution is 0.141. The zero-order valence-electron chi connectivity index (χ0n) is 12.3. The summed E-state index contributed by atoms with van der Waals surface area (Å²) in [5.41, 5.74) is 2.30. The van der Waals surface area contributed by atoms with Gasteiger partial charge in [0.15, 0.2) is 0 Å². The van der Waals surface area contributed by atoms with Crippen LogP contribution in [0.1, 0.15) is 37.7 Å². The van der Waals surface area contributed by atoms with Crippen molar-refractivity contribution in [3.05, 3.63) is 29.8 Å². The van der Waals surface area contributed by atoms with Crippen LogP contribution in [0, 0.1) is 0 Å². The lowest BCUT2D eigenvalue weighted by Crippen LogP contribution is -2.46. The van der Waals surface area contributed by atoms with Gasteiger partial charge in [0, 0.05) is 24.8 Å². The second-order valence-electron chi connectivity index (χ2n) is 6.14. The van der Waals surface area contributed by atoms with Gasteiger partial charge in [-0.2, -0.15) is 0 Å². The van der Waals surface area contributed by atoms with Crippen LogP contribution in [0.2, 0.25) is 0 Å². The Morgan fingerprint density at radius 2 is 1.55 bits per heavy atom. The standard InChI is InChI=1S/C17H26N2O/c20-14-15-4-6-16(7-5-15)19-12-8-17(9-13-19)18-10-2-1-3-11-18/h4-7,17,20H,1-3,8-14H2. The van der Waals surface area contributed by atoms with Crippen molar-refractivity contribution >= 4 is 5.69 Å². The first-order valence-corrected chi connectivity index (χ1v) is 8.05. The highest BCUT2D eigenvalue weighted by Gasteiger charge is 2.25. The van der Waals surface area contributed by atoms with Crippen LogP contribution < -0.4 is 4.90 Å². The van der Waals surface area contributed by atoms with Crippen molar-refractivity contribution in [1.29, 1.82) is 0 Å². The Labute approximate surface area is 122 Å². The van der Waals surface area contributed by atoms with Crippen LogP contribution in [0.3, 0.4) is 0 Å². The molecule has 0 saturated carbocycles. The molecule has 0 atom stereocenters. The highest BCUT2D eigenvalue weighted by molar-refractivity contribution is 5.48. The van der Waals surface area contributed by atoms with Gasteiger partial charge in [-0.15, -0.1) is 0 Å². The number of benzene rings is 1. The summed E-state index contributed by atoms with van der Waals surface area (Å²) in [4.78, 5) is 5.21. The van der Waals surface area contributed by atoms with E-state index in [2.05, 4.69) is 21.9 Å². The van der Waals surface area contributed by atoms with Crippen LogP contribution in [0.15, 0.2) is 24.3 Å². The van der Waals surface area contributed by atoms with Crippen molar-refractivity contribution in [2.24, 2.45) is 0 Å². The van der Waals surface area contributed by atoms with E-state index in [9.17, 15) is 0 Å². The Morgan fingerprint density at radius 3 is 2.15 bits per heavy atom. The molecular weight excluding hydrogens is 248 g/mol. The van der Waals surface area contributed by atoms with E-state index < -0.39 is 0 Å². The molecule has 2 saturated heterocycles. The predicted octanol–water partition coefficient (Wildman–Crippen LogP) is 2.63. The van der Waals surface area contributed by atoms with Crippen LogP contribution in [0.5, 0.6) is 0 Å². The minimum absolute atomic E-state index is 0.136. The lowest BCUT2D eigenvalue weighted by atomic mass is 9.99. The number of aliphatic hydroxyl groups is 1. The SMILES string of the molecule is OCc1ccc(N2CCC(N3CCCCC3)CC2)cc1. The van der Waals surface area contributed by atoms with Crippen molar-refractivity contribution in [2.75, 3.05) is 31.1 Å². The van der Waals surface area contributed by atoms with Crippen LogP contribution in [-0.2, 0) is 6.61 Å². The van der Waals surface area contributed by atoms with Crippen molar-refractivity contribution in [3.63, 3.8) is 0 Å². The van der Waals surface area contributed by atoms with Gasteiger partial charge in [0.1, 0.15) is 0 Å². The zero-order valence-corrected chi connectivity index (χ0v) is 12.3. The first-order valence-electron chi connectivity index (χ1n) is 8.05. The van der Waals surface area contributed by atoms with E-state index in [1.54, 1.807) is 0 Å². The van der Waals surface area contributed by atoms with E-state index in [0.29, 0.717) is 0 Å². The normalized spacial score (nSPS) is 22.1. The Morgan fingerprint density at radius 1 is 0.900 bits per heavy atom. The van der Waals surface area contributed by atoms with E-state index in [4.69, 9.17) is 5.11 Å². The van der Waals surface area contributed by atoms with Crippen LogP contribution in [0.4, 0.5) is 5.69 Å². The molecule has 1 aromatic carbocycles. The average molecular weight is 274 g/mol. The zero-order chi connectivity index (χ0) is 13.8. The average Bonchev–Trinajstić information content (AvgIpc) is 2.56. The molecule has 1 N–H and O–H groups in total. The second-order valence-corrected chi connectivity index (χ2v) is 6.14. The minimum Gasteiger partial charge on any atom is -0.392 e. The molecule has 2 aliphatic rings. The number of likely N-dealkylation sites (tertiary alicyclic amines) is 1. The third-order valence-electron chi connectivity index (χ3n) is 4.86. The van der Waals surface area contributed by atoms with Gasteiger partial charge >= 0.3 is 0 Å². The molecule has 20 heavy (non-hydrogen) atoms. The van der Waals surface area contributed by atoms with E-state index in [1.165, 1.54) is 64.0 Å². The van der Waals surface area contributed by atoms with Crippen molar-refractivity contribution in [1.82, 2.24) is 4.90 Å². The summed E-state index contributed by atoms with van der Waals surface area (Å²) in [5, 5.41) is 9.10.